The summed E-state index contributed by atoms with van der Waals surface area (Å²) in [6.45, 7) is 0. The van der Waals surface area contributed by atoms with Crippen LogP contribution in [0.25, 0.3) is 10.9 Å². The molecule has 0 saturated heterocycles. The van der Waals surface area contributed by atoms with Crippen LogP contribution in [-0.4, -0.2) is 27.8 Å². The molecule has 1 aromatic carbocycles. The number of halogens is 1. The Balaban J connectivity index is 1.80. The molecule has 6 nitrogen and oxygen atoms in total. The molecule has 2 amide bonds. The van der Waals surface area contributed by atoms with E-state index in [1.165, 1.54) is 0 Å². The van der Waals surface area contributed by atoms with Crippen LogP contribution in [0.5, 0.6) is 0 Å². The van der Waals surface area contributed by atoms with E-state index in [2.05, 4.69) is 31.2 Å². The van der Waals surface area contributed by atoms with Crippen LogP contribution in [0, 0.1) is 0 Å². The predicted molar refractivity (Wildman–Crippen MR) is 97.8 cm³/mol. The number of primary amides is 1. The van der Waals surface area contributed by atoms with Gasteiger partial charge >= 0.3 is 0 Å². The molecule has 0 radical (unpaired) electrons. The van der Waals surface area contributed by atoms with Crippen molar-refractivity contribution in [3.8, 4) is 0 Å². The van der Waals surface area contributed by atoms with Crippen molar-refractivity contribution in [1.29, 1.82) is 0 Å². The van der Waals surface area contributed by atoms with Gasteiger partial charge in [-0.25, -0.2) is 9.97 Å². The molecule has 0 spiro atoms. The fourth-order valence-corrected chi connectivity index (χ4v) is 2.85. The highest BCUT2D eigenvalue weighted by Gasteiger charge is 2.21. The molecule has 0 aliphatic rings. The molecule has 0 aliphatic carbocycles. The molecule has 0 aliphatic heterocycles. The van der Waals surface area contributed by atoms with E-state index >= 15 is 0 Å². The molecule has 0 bridgehead atoms. The Hall–Kier alpha value is -2.80. The summed E-state index contributed by atoms with van der Waals surface area (Å²) in [4.78, 5) is 32.6. The van der Waals surface area contributed by atoms with E-state index in [-0.39, 0.29) is 12.1 Å². The van der Waals surface area contributed by atoms with Crippen LogP contribution in [0.3, 0.4) is 0 Å². The average molecular weight is 399 g/mol. The summed E-state index contributed by atoms with van der Waals surface area (Å²) < 4.78 is 0.610. The minimum Gasteiger partial charge on any atom is -0.368 e. The third-order valence-corrected chi connectivity index (χ3v) is 4.45. The first-order valence-electron chi connectivity index (χ1n) is 7.60. The van der Waals surface area contributed by atoms with E-state index in [0.29, 0.717) is 10.1 Å². The van der Waals surface area contributed by atoms with Crippen molar-refractivity contribution in [2.45, 2.75) is 12.5 Å². The molecule has 0 unspecified atom stereocenters. The second kappa shape index (κ2) is 7.40. The molecule has 126 valence electrons. The van der Waals surface area contributed by atoms with Crippen molar-refractivity contribution in [1.82, 2.24) is 15.3 Å². The van der Waals surface area contributed by atoms with Crippen LogP contribution in [0.15, 0.2) is 59.3 Å². The Morgan fingerprint density at radius 1 is 1.12 bits per heavy atom. The van der Waals surface area contributed by atoms with Gasteiger partial charge in [-0.1, -0.05) is 30.3 Å². The number of hydrogen-bond acceptors (Lipinski definition) is 4. The molecule has 3 aromatic rings. The number of hydrogen-bond donors (Lipinski definition) is 2. The Kier molecular flexibility index (Phi) is 5.04. The second-order valence-electron chi connectivity index (χ2n) is 5.48. The Bertz CT molecular complexity index is 945. The number of carbonyl (C=O) groups excluding carboxylic acids is 2. The zero-order valence-corrected chi connectivity index (χ0v) is 14.7. The van der Waals surface area contributed by atoms with Gasteiger partial charge in [0.05, 0.1) is 5.52 Å². The van der Waals surface area contributed by atoms with Crippen LogP contribution in [0.4, 0.5) is 0 Å². The summed E-state index contributed by atoms with van der Waals surface area (Å²) in [6.07, 6.45) is 1.87. The summed E-state index contributed by atoms with van der Waals surface area (Å²) >= 11 is 3.32. The maximum absolute atomic E-state index is 12.5. The highest BCUT2D eigenvalue weighted by molar-refractivity contribution is 9.10. The van der Waals surface area contributed by atoms with Gasteiger partial charge in [-0.3, -0.25) is 9.59 Å². The number of para-hydroxylation sites is 1. The van der Waals surface area contributed by atoms with Gasteiger partial charge in [0, 0.05) is 18.0 Å². The normalized spacial score (nSPS) is 11.9. The maximum Gasteiger partial charge on any atom is 0.270 e. The van der Waals surface area contributed by atoms with Crippen molar-refractivity contribution >= 4 is 38.6 Å². The molecule has 2 aromatic heterocycles. The summed E-state index contributed by atoms with van der Waals surface area (Å²) in [5.74, 6) is -1.07. The van der Waals surface area contributed by atoms with Gasteiger partial charge < -0.3 is 11.1 Å². The molecular weight excluding hydrogens is 384 g/mol. The number of aromatic nitrogens is 2. The van der Waals surface area contributed by atoms with Crippen LogP contribution in [-0.2, 0) is 11.2 Å². The number of fused-ring (bicyclic) bond motifs is 1. The number of nitrogens with two attached hydrogens (primary N) is 1. The number of amides is 2. The minimum atomic E-state index is -0.860. The van der Waals surface area contributed by atoms with Crippen LogP contribution in [0.2, 0.25) is 0 Å². The number of pyridine rings is 2. The van der Waals surface area contributed by atoms with E-state index in [0.717, 1.165) is 10.9 Å². The first-order valence-corrected chi connectivity index (χ1v) is 8.39. The van der Waals surface area contributed by atoms with E-state index in [1.807, 2.05) is 36.4 Å². The lowest BCUT2D eigenvalue weighted by Crippen LogP contribution is -2.46. The molecule has 3 N–H and O–H groups in total. The van der Waals surface area contributed by atoms with Crippen molar-refractivity contribution in [2.75, 3.05) is 0 Å². The average Bonchev–Trinajstić information content (AvgIpc) is 2.62. The number of nitrogens with zero attached hydrogens (tertiary/aromatic N) is 2. The summed E-state index contributed by atoms with van der Waals surface area (Å²) in [7, 11) is 0. The third kappa shape index (κ3) is 4.00. The topological polar surface area (TPSA) is 98.0 Å². The van der Waals surface area contributed by atoms with Crippen LogP contribution < -0.4 is 11.1 Å². The Morgan fingerprint density at radius 3 is 2.68 bits per heavy atom. The second-order valence-corrected chi connectivity index (χ2v) is 6.23. The van der Waals surface area contributed by atoms with Crippen molar-refractivity contribution in [3.05, 3.63) is 70.6 Å². The van der Waals surface area contributed by atoms with Gasteiger partial charge in [0.2, 0.25) is 5.91 Å². The van der Waals surface area contributed by atoms with Crippen molar-refractivity contribution in [3.63, 3.8) is 0 Å². The van der Waals surface area contributed by atoms with Crippen molar-refractivity contribution in [2.24, 2.45) is 5.73 Å². The lowest BCUT2D eigenvalue weighted by atomic mass is 10.1. The Labute approximate surface area is 152 Å². The third-order valence-electron chi connectivity index (χ3n) is 3.74. The van der Waals surface area contributed by atoms with Gasteiger partial charge in [0.1, 0.15) is 16.3 Å². The number of benzene rings is 1. The first kappa shape index (κ1) is 17.0. The SMILES string of the molecule is NC(=O)[C@H](Cc1cccnc1Br)NC(=O)c1ccc2ccccc2n1. The van der Waals surface area contributed by atoms with Crippen LogP contribution >= 0.6 is 15.9 Å². The lowest BCUT2D eigenvalue weighted by molar-refractivity contribution is -0.119. The molecule has 25 heavy (non-hydrogen) atoms. The van der Waals surface area contributed by atoms with E-state index in [9.17, 15) is 9.59 Å². The maximum atomic E-state index is 12.5. The van der Waals surface area contributed by atoms with Gasteiger partial charge in [-0.05, 0) is 39.7 Å². The predicted octanol–water partition coefficient (Wildman–Crippen LogP) is 2.22. The number of nitrogens with one attached hydrogen (secondary N) is 1. The molecule has 1 atom stereocenters. The van der Waals surface area contributed by atoms with Gasteiger partial charge in [-0.15, -0.1) is 0 Å². The quantitative estimate of drug-likeness (QED) is 0.643. The summed E-state index contributed by atoms with van der Waals surface area (Å²) in [5.41, 5.74) is 7.16. The minimum absolute atomic E-state index is 0.232. The van der Waals surface area contributed by atoms with E-state index < -0.39 is 17.9 Å². The highest BCUT2D eigenvalue weighted by atomic mass is 79.9. The number of rotatable bonds is 5. The largest absolute Gasteiger partial charge is 0.368 e. The molecule has 0 fully saturated rings. The lowest BCUT2D eigenvalue weighted by Gasteiger charge is -2.16. The smallest absolute Gasteiger partial charge is 0.270 e. The van der Waals surface area contributed by atoms with Crippen molar-refractivity contribution < 1.29 is 9.59 Å². The summed E-state index contributed by atoms with van der Waals surface area (Å²) in [6, 6.07) is 13.6. The fraction of sp³-hybridized carbons (Fsp3) is 0.111. The fourth-order valence-electron chi connectivity index (χ4n) is 2.44. The highest BCUT2D eigenvalue weighted by Crippen LogP contribution is 2.15. The molecule has 2 heterocycles. The Morgan fingerprint density at radius 2 is 1.92 bits per heavy atom. The zero-order valence-electron chi connectivity index (χ0n) is 13.1. The summed E-state index contributed by atoms with van der Waals surface area (Å²) in [5, 5.41) is 3.58. The van der Waals surface area contributed by atoms with Gasteiger partial charge in [0.15, 0.2) is 0 Å². The van der Waals surface area contributed by atoms with E-state index in [4.69, 9.17) is 5.73 Å². The molecule has 0 saturated carbocycles. The molecule has 7 heteroatoms. The van der Waals surface area contributed by atoms with E-state index in [1.54, 1.807) is 18.3 Å². The van der Waals surface area contributed by atoms with Gasteiger partial charge in [0.25, 0.3) is 5.91 Å². The molecule has 3 rings (SSSR count). The zero-order chi connectivity index (χ0) is 17.8. The first-order chi connectivity index (χ1) is 12.0. The molecular formula is C18H15BrN4O2. The van der Waals surface area contributed by atoms with Crippen LogP contribution in [0.1, 0.15) is 16.1 Å². The monoisotopic (exact) mass is 398 g/mol. The van der Waals surface area contributed by atoms with Gasteiger partial charge in [-0.2, -0.15) is 0 Å². The standard InChI is InChI=1S/C18H15BrN4O2/c19-16-12(5-3-9-21-16)10-15(17(20)24)23-18(25)14-8-7-11-4-1-2-6-13(11)22-14/h1-9,15H,10H2,(H2,20,24)(H,23,25)/t15-/m0/s1. The number of carbonyl (C=O) groups is 2.